The van der Waals surface area contributed by atoms with E-state index < -0.39 is 17.9 Å². The lowest BCUT2D eigenvalue weighted by molar-refractivity contribution is 0.0737. The van der Waals surface area contributed by atoms with E-state index in [1.807, 2.05) is 13.8 Å². The number of urea groups is 1. The highest BCUT2D eigenvalue weighted by atomic mass is 19.1. The number of aromatic nitrogens is 1. The summed E-state index contributed by atoms with van der Waals surface area (Å²) in [4.78, 5) is 31.2. The van der Waals surface area contributed by atoms with Crippen molar-refractivity contribution in [3.8, 4) is 0 Å². The number of aryl methyl sites for hydroxylation is 2. The maximum Gasteiger partial charge on any atom is 0.407 e. The lowest BCUT2D eigenvalue weighted by Crippen LogP contribution is -2.53. The van der Waals surface area contributed by atoms with Crippen LogP contribution in [0.15, 0.2) is 36.5 Å². The Morgan fingerprint density at radius 2 is 1.97 bits per heavy atom. The maximum absolute atomic E-state index is 14.0. The van der Waals surface area contributed by atoms with Gasteiger partial charge in [-0.15, -0.1) is 0 Å². The van der Waals surface area contributed by atoms with E-state index in [-0.39, 0.29) is 6.04 Å². The SMILES string of the molecule is Cc1ccc(NC(=O)Nc2cc(F)cc(CCCN3CCN(C(=O)O)C(C)C3)c2)cn1. The molecule has 3 amide bonds. The number of halogens is 1. The van der Waals surface area contributed by atoms with E-state index in [1.165, 1.54) is 17.0 Å². The quantitative estimate of drug-likeness (QED) is 0.649. The van der Waals surface area contributed by atoms with E-state index in [2.05, 4.69) is 20.5 Å². The van der Waals surface area contributed by atoms with Crippen molar-refractivity contribution in [2.24, 2.45) is 0 Å². The van der Waals surface area contributed by atoms with Crippen LogP contribution in [0.4, 0.5) is 25.4 Å². The fourth-order valence-electron chi connectivity index (χ4n) is 3.73. The van der Waals surface area contributed by atoms with Crippen LogP contribution in [-0.2, 0) is 6.42 Å². The number of nitrogens with one attached hydrogen (secondary N) is 2. The normalized spacial score (nSPS) is 16.7. The molecule has 1 atom stereocenters. The molecule has 0 aliphatic carbocycles. The number of amides is 3. The van der Waals surface area contributed by atoms with Crippen molar-refractivity contribution in [3.05, 3.63) is 53.6 Å². The molecule has 1 aromatic carbocycles. The van der Waals surface area contributed by atoms with Gasteiger partial charge in [-0.2, -0.15) is 0 Å². The molecule has 1 aromatic heterocycles. The highest BCUT2D eigenvalue weighted by Gasteiger charge is 2.26. The minimum atomic E-state index is -0.880. The summed E-state index contributed by atoms with van der Waals surface area (Å²) in [5.74, 6) is -0.409. The summed E-state index contributed by atoms with van der Waals surface area (Å²) in [6.07, 6.45) is 2.14. The van der Waals surface area contributed by atoms with Gasteiger partial charge in [-0.25, -0.2) is 14.0 Å². The number of anilines is 2. The minimum Gasteiger partial charge on any atom is -0.465 e. The number of carbonyl (C=O) groups excluding carboxylic acids is 1. The van der Waals surface area contributed by atoms with Crippen molar-refractivity contribution in [2.75, 3.05) is 36.8 Å². The molecule has 166 valence electrons. The van der Waals surface area contributed by atoms with Gasteiger partial charge in [0.1, 0.15) is 5.82 Å². The summed E-state index contributed by atoms with van der Waals surface area (Å²) in [6, 6.07) is 7.54. The maximum atomic E-state index is 14.0. The third-order valence-electron chi connectivity index (χ3n) is 5.28. The number of hydrogen-bond acceptors (Lipinski definition) is 4. The van der Waals surface area contributed by atoms with E-state index in [1.54, 1.807) is 24.4 Å². The van der Waals surface area contributed by atoms with Gasteiger partial charge in [-0.3, -0.25) is 9.88 Å². The average molecular weight is 429 g/mol. The predicted molar refractivity (Wildman–Crippen MR) is 117 cm³/mol. The number of piperazine rings is 1. The lowest BCUT2D eigenvalue weighted by atomic mass is 10.1. The molecule has 1 aliphatic heterocycles. The topological polar surface area (TPSA) is 97.8 Å². The Morgan fingerprint density at radius 1 is 1.19 bits per heavy atom. The van der Waals surface area contributed by atoms with Gasteiger partial charge in [0.05, 0.1) is 11.9 Å². The first-order valence-electron chi connectivity index (χ1n) is 10.3. The largest absolute Gasteiger partial charge is 0.465 e. The van der Waals surface area contributed by atoms with Gasteiger partial charge in [-0.05, 0) is 69.1 Å². The third-order valence-corrected chi connectivity index (χ3v) is 5.28. The van der Waals surface area contributed by atoms with Crippen LogP contribution in [0.3, 0.4) is 0 Å². The van der Waals surface area contributed by atoms with Crippen LogP contribution in [-0.4, -0.2) is 64.2 Å². The zero-order chi connectivity index (χ0) is 22.4. The summed E-state index contributed by atoms with van der Waals surface area (Å²) in [6.45, 7) is 6.45. The minimum absolute atomic E-state index is 0.0431. The molecule has 1 fully saturated rings. The third kappa shape index (κ3) is 6.65. The summed E-state index contributed by atoms with van der Waals surface area (Å²) in [7, 11) is 0. The van der Waals surface area contributed by atoms with Crippen molar-refractivity contribution < 1.29 is 19.1 Å². The highest BCUT2D eigenvalue weighted by Crippen LogP contribution is 2.17. The first-order valence-corrected chi connectivity index (χ1v) is 10.3. The van der Waals surface area contributed by atoms with Crippen LogP contribution in [0, 0.1) is 12.7 Å². The number of benzene rings is 1. The fourth-order valence-corrected chi connectivity index (χ4v) is 3.73. The van der Waals surface area contributed by atoms with Gasteiger partial charge in [0.15, 0.2) is 0 Å². The van der Waals surface area contributed by atoms with Gasteiger partial charge < -0.3 is 20.6 Å². The second-order valence-electron chi connectivity index (χ2n) is 7.84. The summed E-state index contributed by atoms with van der Waals surface area (Å²) >= 11 is 0. The average Bonchev–Trinajstić information content (AvgIpc) is 2.69. The Labute approximate surface area is 181 Å². The van der Waals surface area contributed by atoms with Gasteiger partial charge >= 0.3 is 12.1 Å². The number of rotatable bonds is 6. The number of carbonyl (C=O) groups is 2. The molecular weight excluding hydrogens is 401 g/mol. The Hall–Kier alpha value is -3.20. The van der Waals surface area contributed by atoms with Crippen molar-refractivity contribution in [3.63, 3.8) is 0 Å². The number of pyridine rings is 1. The van der Waals surface area contributed by atoms with E-state index in [9.17, 15) is 14.0 Å². The van der Waals surface area contributed by atoms with E-state index in [4.69, 9.17) is 5.11 Å². The van der Waals surface area contributed by atoms with E-state index >= 15 is 0 Å². The molecule has 0 saturated carbocycles. The van der Waals surface area contributed by atoms with Crippen LogP contribution >= 0.6 is 0 Å². The molecule has 3 N–H and O–H groups in total. The molecule has 2 heterocycles. The van der Waals surface area contributed by atoms with Crippen LogP contribution in [0.25, 0.3) is 0 Å². The summed E-state index contributed by atoms with van der Waals surface area (Å²) < 4.78 is 14.0. The highest BCUT2D eigenvalue weighted by molar-refractivity contribution is 5.99. The number of hydrogen-bond donors (Lipinski definition) is 3. The molecule has 1 aliphatic rings. The molecule has 8 nitrogen and oxygen atoms in total. The van der Waals surface area contributed by atoms with Gasteiger partial charge in [0, 0.05) is 37.1 Å². The Kier molecular flexibility index (Phi) is 7.41. The molecule has 0 spiro atoms. The molecule has 0 bridgehead atoms. The predicted octanol–water partition coefficient (Wildman–Crippen LogP) is 3.79. The second kappa shape index (κ2) is 10.2. The fraction of sp³-hybridized carbons (Fsp3) is 0.409. The molecule has 2 aromatic rings. The van der Waals surface area contributed by atoms with Gasteiger partial charge in [0.2, 0.25) is 0 Å². The molecule has 0 radical (unpaired) electrons. The van der Waals surface area contributed by atoms with Crippen LogP contribution in [0.1, 0.15) is 24.6 Å². The molecule has 9 heteroatoms. The lowest BCUT2D eigenvalue weighted by Gasteiger charge is -2.38. The summed E-state index contributed by atoms with van der Waals surface area (Å²) in [5, 5.41) is 14.5. The Bertz CT molecular complexity index is 922. The molecule has 1 saturated heterocycles. The van der Waals surface area contributed by atoms with E-state index in [0.29, 0.717) is 37.4 Å². The molecular formula is C22H28FN5O3. The number of nitrogens with zero attached hydrogens (tertiary/aromatic N) is 3. The first kappa shape index (κ1) is 22.5. The summed E-state index contributed by atoms with van der Waals surface area (Å²) in [5.41, 5.74) is 2.58. The Morgan fingerprint density at radius 3 is 2.65 bits per heavy atom. The molecule has 1 unspecified atom stereocenters. The Balaban J connectivity index is 1.49. The monoisotopic (exact) mass is 429 g/mol. The molecule has 3 rings (SSSR count). The standard InChI is InChI=1S/C22H28FN5O3/c1-15-5-6-19(13-24-15)25-21(29)26-20-11-17(10-18(23)12-20)4-3-7-27-8-9-28(22(30)31)16(2)14-27/h5-6,10-13,16H,3-4,7-9,14H2,1-2H3,(H,30,31)(H2,25,26,29). The number of carboxylic acid groups (broad SMARTS) is 1. The van der Waals surface area contributed by atoms with Crippen LogP contribution in [0.2, 0.25) is 0 Å². The van der Waals surface area contributed by atoms with Gasteiger partial charge in [-0.1, -0.05) is 0 Å². The zero-order valence-electron chi connectivity index (χ0n) is 17.8. The van der Waals surface area contributed by atoms with Crippen molar-refractivity contribution in [2.45, 2.75) is 32.7 Å². The second-order valence-corrected chi connectivity index (χ2v) is 7.84. The van der Waals surface area contributed by atoms with Crippen molar-refractivity contribution in [1.29, 1.82) is 0 Å². The van der Waals surface area contributed by atoms with Crippen molar-refractivity contribution in [1.82, 2.24) is 14.8 Å². The van der Waals surface area contributed by atoms with Gasteiger partial charge in [0.25, 0.3) is 0 Å². The van der Waals surface area contributed by atoms with Crippen LogP contribution in [0.5, 0.6) is 0 Å². The zero-order valence-corrected chi connectivity index (χ0v) is 17.8. The molecule has 31 heavy (non-hydrogen) atoms. The van der Waals surface area contributed by atoms with E-state index in [0.717, 1.165) is 24.2 Å². The van der Waals surface area contributed by atoms with Crippen molar-refractivity contribution >= 4 is 23.5 Å². The smallest absolute Gasteiger partial charge is 0.407 e. The first-order chi connectivity index (χ1) is 14.8. The van der Waals surface area contributed by atoms with Crippen LogP contribution < -0.4 is 10.6 Å².